The highest BCUT2D eigenvalue weighted by atomic mass is 19.4. The molecule has 2 aromatic heterocycles. The molecule has 0 unspecified atom stereocenters. The number of hydrogen-bond acceptors (Lipinski definition) is 7. The fourth-order valence-electron chi connectivity index (χ4n) is 2.91. The first-order valence-electron chi connectivity index (χ1n) is 9.71. The van der Waals surface area contributed by atoms with Crippen LogP contribution in [0.3, 0.4) is 0 Å². The minimum absolute atomic E-state index is 0.0381. The van der Waals surface area contributed by atoms with Crippen LogP contribution in [0.4, 0.5) is 13.2 Å². The van der Waals surface area contributed by atoms with Crippen molar-refractivity contribution >= 4 is 11.9 Å². The van der Waals surface area contributed by atoms with Gasteiger partial charge in [-0.1, -0.05) is 5.16 Å². The third-order valence-electron chi connectivity index (χ3n) is 4.33. The van der Waals surface area contributed by atoms with Crippen molar-refractivity contribution < 1.29 is 32.0 Å². The molecule has 3 rings (SSSR count). The number of aromatic nitrogens is 4. The smallest absolute Gasteiger partial charge is 0.434 e. The molecule has 0 saturated carbocycles. The molecule has 0 spiro atoms. The summed E-state index contributed by atoms with van der Waals surface area (Å²) in [5, 5.41) is 10.1. The van der Waals surface area contributed by atoms with Crippen molar-refractivity contribution in [1.29, 1.82) is 0 Å². The molecule has 12 heteroatoms. The molecule has 1 N–H and O–H groups in total. The second-order valence-electron chi connectivity index (χ2n) is 6.68. The number of hydrogen-bond donors (Lipinski definition) is 1. The van der Waals surface area contributed by atoms with Crippen molar-refractivity contribution in [3.05, 3.63) is 59.0 Å². The summed E-state index contributed by atoms with van der Waals surface area (Å²) >= 11 is 0. The number of esters is 1. The average molecular weight is 451 g/mol. The zero-order chi connectivity index (χ0) is 23.3. The number of nitrogens with one attached hydrogen (secondary N) is 1. The van der Waals surface area contributed by atoms with E-state index >= 15 is 0 Å². The predicted molar refractivity (Wildman–Crippen MR) is 104 cm³/mol. The minimum atomic E-state index is -4.84. The van der Waals surface area contributed by atoms with E-state index in [2.05, 4.69) is 25.3 Å². The number of nitrogens with zero attached hydrogens (tertiary/aromatic N) is 4. The molecule has 0 aliphatic rings. The molecule has 3 aromatic rings. The number of rotatable bonds is 8. The van der Waals surface area contributed by atoms with Crippen LogP contribution in [0.5, 0.6) is 0 Å². The Morgan fingerprint density at radius 1 is 1.22 bits per heavy atom. The Labute approximate surface area is 180 Å². The van der Waals surface area contributed by atoms with Crippen molar-refractivity contribution in [2.24, 2.45) is 0 Å². The molecule has 0 aliphatic carbocycles. The first-order chi connectivity index (χ1) is 15.2. The normalized spacial score (nSPS) is 11.4. The largest absolute Gasteiger partial charge is 0.462 e. The summed E-state index contributed by atoms with van der Waals surface area (Å²) in [7, 11) is 0. The van der Waals surface area contributed by atoms with Gasteiger partial charge in [0.1, 0.15) is 5.56 Å². The maximum Gasteiger partial charge on any atom is 0.434 e. The van der Waals surface area contributed by atoms with Gasteiger partial charge in [-0.05, 0) is 44.5 Å². The highest BCUT2D eigenvalue weighted by Gasteiger charge is 2.41. The Balaban J connectivity index is 1.68. The van der Waals surface area contributed by atoms with Gasteiger partial charge >= 0.3 is 12.1 Å². The second-order valence-corrected chi connectivity index (χ2v) is 6.68. The molecule has 1 amide bonds. The Kier molecular flexibility index (Phi) is 6.91. The van der Waals surface area contributed by atoms with Crippen molar-refractivity contribution in [3.63, 3.8) is 0 Å². The van der Waals surface area contributed by atoms with Crippen LogP contribution in [0.25, 0.3) is 5.69 Å². The molecule has 0 atom stereocenters. The molecule has 0 aliphatic heterocycles. The number of alkyl halides is 3. The van der Waals surface area contributed by atoms with Gasteiger partial charge in [-0.3, -0.25) is 4.79 Å². The topological polar surface area (TPSA) is 112 Å². The van der Waals surface area contributed by atoms with E-state index in [1.165, 1.54) is 31.2 Å². The molecule has 1 aromatic carbocycles. The fraction of sp³-hybridized carbons (Fsp3) is 0.350. The van der Waals surface area contributed by atoms with Crippen LogP contribution in [-0.4, -0.2) is 44.9 Å². The van der Waals surface area contributed by atoms with Crippen molar-refractivity contribution in [3.8, 4) is 5.69 Å². The number of benzene rings is 1. The minimum Gasteiger partial charge on any atom is -0.462 e. The Morgan fingerprint density at radius 2 is 1.94 bits per heavy atom. The molecule has 32 heavy (non-hydrogen) atoms. The second kappa shape index (κ2) is 9.62. The van der Waals surface area contributed by atoms with Gasteiger partial charge in [0.25, 0.3) is 5.91 Å². The van der Waals surface area contributed by atoms with Gasteiger partial charge in [0, 0.05) is 18.5 Å². The van der Waals surface area contributed by atoms with E-state index in [-0.39, 0.29) is 23.8 Å². The summed E-state index contributed by atoms with van der Waals surface area (Å²) in [5.41, 5.74) is -1.63. The number of carbonyl (C=O) groups is 2. The number of carbonyl (C=O) groups excluding carboxylic acids is 2. The van der Waals surface area contributed by atoms with E-state index in [0.717, 1.165) is 6.20 Å². The van der Waals surface area contributed by atoms with E-state index in [1.807, 2.05) is 0 Å². The molecule has 0 fully saturated rings. The van der Waals surface area contributed by atoms with Gasteiger partial charge in [-0.2, -0.15) is 23.3 Å². The van der Waals surface area contributed by atoms with Crippen molar-refractivity contribution in [2.75, 3.05) is 13.2 Å². The highest BCUT2D eigenvalue weighted by molar-refractivity contribution is 5.94. The molecular formula is C20H20F3N5O4. The lowest BCUT2D eigenvalue weighted by Gasteiger charge is -2.13. The van der Waals surface area contributed by atoms with Gasteiger partial charge in [-0.15, -0.1) is 0 Å². The summed E-state index contributed by atoms with van der Waals surface area (Å²) < 4.78 is 51.0. The van der Waals surface area contributed by atoms with E-state index in [9.17, 15) is 22.8 Å². The maximum absolute atomic E-state index is 13.6. The summed E-state index contributed by atoms with van der Waals surface area (Å²) in [4.78, 5) is 28.2. The third kappa shape index (κ3) is 5.31. The lowest BCUT2D eigenvalue weighted by Crippen LogP contribution is -2.24. The Bertz CT molecular complexity index is 1090. The van der Waals surface area contributed by atoms with Crippen LogP contribution in [-0.2, 0) is 17.3 Å². The average Bonchev–Trinajstić information content (AvgIpc) is 3.38. The number of halogens is 3. The summed E-state index contributed by atoms with van der Waals surface area (Å²) in [6.45, 7) is 3.48. The van der Waals surface area contributed by atoms with E-state index in [4.69, 9.17) is 4.52 Å². The van der Waals surface area contributed by atoms with E-state index < -0.39 is 23.4 Å². The zero-order valence-corrected chi connectivity index (χ0v) is 17.3. The Morgan fingerprint density at radius 3 is 2.53 bits per heavy atom. The van der Waals surface area contributed by atoms with Crippen LogP contribution >= 0.6 is 0 Å². The lowest BCUT2D eigenvalue weighted by atomic mass is 10.1. The molecule has 0 radical (unpaired) electrons. The summed E-state index contributed by atoms with van der Waals surface area (Å²) in [6, 6.07) is 5.37. The van der Waals surface area contributed by atoms with Gasteiger partial charge in [0.15, 0.2) is 11.5 Å². The molecule has 0 saturated heterocycles. The molecule has 170 valence electrons. The van der Waals surface area contributed by atoms with Gasteiger partial charge in [-0.25, -0.2) is 9.48 Å². The van der Waals surface area contributed by atoms with Crippen LogP contribution in [0.1, 0.15) is 51.5 Å². The maximum atomic E-state index is 13.6. The van der Waals surface area contributed by atoms with Crippen LogP contribution in [0.2, 0.25) is 0 Å². The van der Waals surface area contributed by atoms with Gasteiger partial charge in [0.2, 0.25) is 5.89 Å². The third-order valence-corrected chi connectivity index (χ3v) is 4.33. The van der Waals surface area contributed by atoms with E-state index in [0.29, 0.717) is 35.8 Å². The highest BCUT2D eigenvalue weighted by Crippen LogP contribution is 2.34. The van der Waals surface area contributed by atoms with Gasteiger partial charge in [0.05, 0.1) is 18.5 Å². The molecular weight excluding hydrogens is 431 g/mol. The van der Waals surface area contributed by atoms with Crippen molar-refractivity contribution in [1.82, 2.24) is 25.2 Å². The standard InChI is InChI=1S/C20H20F3N5O4/c1-3-31-19(30)15-11-25-28(17(15)20(21,22)23)14-8-6-13(7-9-14)18(29)24-10-4-5-16-26-12(2)27-32-16/h6-9,11H,3-5,10H2,1-2H3,(H,24,29). The monoisotopic (exact) mass is 451 g/mol. The Hall–Kier alpha value is -3.70. The van der Waals surface area contributed by atoms with E-state index in [1.54, 1.807) is 6.92 Å². The fourth-order valence-corrected chi connectivity index (χ4v) is 2.91. The van der Waals surface area contributed by atoms with Crippen LogP contribution in [0.15, 0.2) is 35.0 Å². The number of amides is 1. The SMILES string of the molecule is CCOC(=O)c1cnn(-c2ccc(C(=O)NCCCc3nc(C)no3)cc2)c1C(F)(F)F. The van der Waals surface area contributed by atoms with Gasteiger partial charge < -0.3 is 14.6 Å². The van der Waals surface area contributed by atoms with Crippen LogP contribution < -0.4 is 5.32 Å². The summed E-state index contributed by atoms with van der Waals surface area (Å²) in [6.07, 6.45) is -2.95. The molecule has 0 bridgehead atoms. The molecule has 2 heterocycles. The number of ether oxygens (including phenoxy) is 1. The van der Waals surface area contributed by atoms with Crippen LogP contribution in [0, 0.1) is 6.92 Å². The zero-order valence-electron chi connectivity index (χ0n) is 17.3. The predicted octanol–water partition coefficient (Wildman–Crippen LogP) is 3.12. The first-order valence-corrected chi connectivity index (χ1v) is 9.71. The first kappa shape index (κ1) is 23.0. The molecule has 9 nitrogen and oxygen atoms in total. The number of aryl methyl sites for hydroxylation is 2. The lowest BCUT2D eigenvalue weighted by molar-refractivity contribution is -0.143. The quantitative estimate of drug-likeness (QED) is 0.414. The van der Waals surface area contributed by atoms with Crippen molar-refractivity contribution in [2.45, 2.75) is 32.9 Å². The summed E-state index contributed by atoms with van der Waals surface area (Å²) in [5.74, 6) is -0.493.